The molecule has 2 atom stereocenters. The zero-order valence-electron chi connectivity index (χ0n) is 9.86. The molecule has 0 aromatic rings. The van der Waals surface area contributed by atoms with E-state index < -0.39 is 0 Å². The van der Waals surface area contributed by atoms with Gasteiger partial charge in [0.2, 0.25) is 0 Å². The van der Waals surface area contributed by atoms with Crippen molar-refractivity contribution >= 4 is 22.6 Å². The van der Waals surface area contributed by atoms with E-state index >= 15 is 0 Å². The quantitative estimate of drug-likeness (QED) is 0.475. The third kappa shape index (κ3) is 4.18. The summed E-state index contributed by atoms with van der Waals surface area (Å²) in [4.78, 5) is 0. The predicted octanol–water partition coefficient (Wildman–Crippen LogP) is 5.05. The molecule has 0 heterocycles. The van der Waals surface area contributed by atoms with E-state index in [1.54, 1.807) is 0 Å². The summed E-state index contributed by atoms with van der Waals surface area (Å²) < 4.78 is 0.817. The molecule has 0 nitrogen and oxygen atoms in total. The summed E-state index contributed by atoms with van der Waals surface area (Å²) in [5.41, 5.74) is 0.504. The molecule has 0 aliphatic heterocycles. The predicted molar refractivity (Wildman–Crippen MR) is 70.6 cm³/mol. The summed E-state index contributed by atoms with van der Waals surface area (Å²) in [6, 6.07) is 0. The molecule has 80 valence electrons. The van der Waals surface area contributed by atoms with Gasteiger partial charge in [0.15, 0.2) is 0 Å². The van der Waals surface area contributed by atoms with Gasteiger partial charge in [0, 0.05) is 3.92 Å². The van der Waals surface area contributed by atoms with E-state index in [4.69, 9.17) is 0 Å². The first-order chi connectivity index (χ1) is 5.96. The minimum atomic E-state index is 0.504. The van der Waals surface area contributed by atoms with Crippen LogP contribution in [0.1, 0.15) is 60.3 Å². The van der Waals surface area contributed by atoms with Gasteiger partial charge in [-0.2, -0.15) is 0 Å². The van der Waals surface area contributed by atoms with Crippen LogP contribution in [0.5, 0.6) is 0 Å². The van der Waals surface area contributed by atoms with E-state index in [1.807, 2.05) is 0 Å². The molecule has 0 aliphatic rings. The first-order valence-corrected chi connectivity index (χ1v) is 6.85. The molecule has 0 unspecified atom stereocenters. The Morgan fingerprint density at radius 1 is 1.23 bits per heavy atom. The van der Waals surface area contributed by atoms with E-state index in [9.17, 15) is 0 Å². The van der Waals surface area contributed by atoms with Crippen LogP contribution < -0.4 is 0 Å². The van der Waals surface area contributed by atoms with Crippen molar-refractivity contribution in [1.29, 1.82) is 0 Å². The Morgan fingerprint density at radius 3 is 2.15 bits per heavy atom. The molecule has 0 aromatic heterocycles. The first-order valence-electron chi connectivity index (χ1n) is 5.60. The molecule has 0 bridgehead atoms. The SMILES string of the molecule is CCCC[C@H](C)C(C)(C)[C@@H](I)CC. The van der Waals surface area contributed by atoms with Gasteiger partial charge in [0.25, 0.3) is 0 Å². The maximum absolute atomic E-state index is 2.62. The molecule has 0 aromatic carbocycles. The fraction of sp³-hybridized carbons (Fsp3) is 1.00. The Morgan fingerprint density at radius 2 is 1.77 bits per heavy atom. The van der Waals surface area contributed by atoms with E-state index in [-0.39, 0.29) is 0 Å². The Kier molecular flexibility index (Phi) is 6.61. The van der Waals surface area contributed by atoms with Crippen LogP contribution in [0.15, 0.2) is 0 Å². The molecule has 0 amide bonds. The van der Waals surface area contributed by atoms with Crippen molar-refractivity contribution in [2.24, 2.45) is 11.3 Å². The van der Waals surface area contributed by atoms with Crippen molar-refractivity contribution in [3.8, 4) is 0 Å². The number of rotatable bonds is 6. The fourth-order valence-electron chi connectivity index (χ4n) is 1.72. The molecule has 13 heavy (non-hydrogen) atoms. The fourth-order valence-corrected chi connectivity index (χ4v) is 2.33. The van der Waals surface area contributed by atoms with Gasteiger partial charge in [0.1, 0.15) is 0 Å². The second kappa shape index (κ2) is 6.26. The summed E-state index contributed by atoms with van der Waals surface area (Å²) in [5.74, 6) is 0.856. The van der Waals surface area contributed by atoms with Gasteiger partial charge in [-0.25, -0.2) is 0 Å². The number of unbranched alkanes of at least 4 members (excludes halogenated alkanes) is 1. The van der Waals surface area contributed by atoms with Crippen LogP contribution in [-0.4, -0.2) is 3.92 Å². The average molecular weight is 296 g/mol. The lowest BCUT2D eigenvalue weighted by molar-refractivity contribution is 0.211. The van der Waals surface area contributed by atoms with Crippen molar-refractivity contribution in [1.82, 2.24) is 0 Å². The van der Waals surface area contributed by atoms with E-state index in [2.05, 4.69) is 57.2 Å². The highest BCUT2D eigenvalue weighted by molar-refractivity contribution is 14.1. The maximum Gasteiger partial charge on any atom is 0.0161 e. The molecule has 0 fully saturated rings. The molecular weight excluding hydrogens is 271 g/mol. The topological polar surface area (TPSA) is 0 Å². The summed E-state index contributed by atoms with van der Waals surface area (Å²) in [5, 5.41) is 0. The highest BCUT2D eigenvalue weighted by atomic mass is 127. The van der Waals surface area contributed by atoms with E-state index in [0.717, 1.165) is 9.84 Å². The molecule has 0 rings (SSSR count). The highest BCUT2D eigenvalue weighted by Gasteiger charge is 2.31. The van der Waals surface area contributed by atoms with Crippen molar-refractivity contribution < 1.29 is 0 Å². The van der Waals surface area contributed by atoms with Gasteiger partial charge >= 0.3 is 0 Å². The monoisotopic (exact) mass is 296 g/mol. The van der Waals surface area contributed by atoms with Gasteiger partial charge in [-0.15, -0.1) is 0 Å². The van der Waals surface area contributed by atoms with Gasteiger partial charge in [0.05, 0.1) is 0 Å². The number of hydrogen-bond donors (Lipinski definition) is 0. The smallest absolute Gasteiger partial charge is 0.0161 e. The molecule has 0 saturated carbocycles. The maximum atomic E-state index is 2.62. The van der Waals surface area contributed by atoms with Crippen LogP contribution in [0.25, 0.3) is 0 Å². The average Bonchev–Trinajstić information content (AvgIpc) is 2.12. The van der Waals surface area contributed by atoms with Crippen molar-refractivity contribution in [3.63, 3.8) is 0 Å². The van der Waals surface area contributed by atoms with Crippen LogP contribution in [0.2, 0.25) is 0 Å². The van der Waals surface area contributed by atoms with Crippen molar-refractivity contribution in [3.05, 3.63) is 0 Å². The number of alkyl halides is 1. The standard InChI is InChI=1S/C12H25I/c1-6-8-9-10(3)12(4,5)11(13)7-2/h10-11H,6-9H2,1-5H3/t10-,11-/m0/s1. The van der Waals surface area contributed by atoms with Crippen molar-refractivity contribution in [2.75, 3.05) is 0 Å². The Labute approximate surface area is 98.0 Å². The summed E-state index contributed by atoms with van der Waals surface area (Å²) >= 11 is 2.62. The Balaban J connectivity index is 4.09. The lowest BCUT2D eigenvalue weighted by Crippen LogP contribution is -2.31. The summed E-state index contributed by atoms with van der Waals surface area (Å²) in [6.07, 6.45) is 5.41. The van der Waals surface area contributed by atoms with E-state index in [1.165, 1.54) is 25.7 Å². The van der Waals surface area contributed by atoms with Crippen LogP contribution in [0.4, 0.5) is 0 Å². The third-order valence-corrected chi connectivity index (χ3v) is 5.91. The van der Waals surface area contributed by atoms with E-state index in [0.29, 0.717) is 5.41 Å². The zero-order valence-corrected chi connectivity index (χ0v) is 12.0. The van der Waals surface area contributed by atoms with Gasteiger partial charge < -0.3 is 0 Å². The molecule has 0 N–H and O–H groups in total. The molecule has 0 radical (unpaired) electrons. The van der Waals surface area contributed by atoms with Crippen LogP contribution in [0.3, 0.4) is 0 Å². The minimum Gasteiger partial charge on any atom is -0.0820 e. The molecule has 0 spiro atoms. The molecule has 0 saturated heterocycles. The summed E-state index contributed by atoms with van der Waals surface area (Å²) in [6.45, 7) is 11.8. The number of hydrogen-bond acceptors (Lipinski definition) is 0. The zero-order chi connectivity index (χ0) is 10.5. The van der Waals surface area contributed by atoms with Crippen molar-refractivity contribution in [2.45, 2.75) is 64.2 Å². The first kappa shape index (κ1) is 13.7. The molecular formula is C12H25I. The number of halogens is 1. The van der Waals surface area contributed by atoms with Crippen LogP contribution in [0, 0.1) is 11.3 Å². The molecule has 1 heteroatoms. The van der Waals surface area contributed by atoms with Gasteiger partial charge in [-0.05, 0) is 17.8 Å². The van der Waals surface area contributed by atoms with Gasteiger partial charge in [-0.3, -0.25) is 0 Å². The Bertz CT molecular complexity index is 129. The second-order valence-electron chi connectivity index (χ2n) is 4.74. The lowest BCUT2D eigenvalue weighted by Gasteiger charge is -2.36. The third-order valence-electron chi connectivity index (χ3n) is 3.43. The largest absolute Gasteiger partial charge is 0.0820 e. The highest BCUT2D eigenvalue weighted by Crippen LogP contribution is 2.39. The Hall–Kier alpha value is 0.730. The second-order valence-corrected chi connectivity index (χ2v) is 6.24. The van der Waals surface area contributed by atoms with Gasteiger partial charge in [-0.1, -0.05) is 76.5 Å². The van der Waals surface area contributed by atoms with Crippen LogP contribution >= 0.6 is 22.6 Å². The minimum absolute atomic E-state index is 0.504. The lowest BCUT2D eigenvalue weighted by atomic mass is 9.74. The normalized spacial score (nSPS) is 17.1. The molecule has 0 aliphatic carbocycles. The summed E-state index contributed by atoms with van der Waals surface area (Å²) in [7, 11) is 0. The van der Waals surface area contributed by atoms with Crippen LogP contribution in [-0.2, 0) is 0 Å².